The van der Waals surface area contributed by atoms with Gasteiger partial charge in [0.25, 0.3) is 0 Å². The van der Waals surface area contributed by atoms with Gasteiger partial charge in [-0.2, -0.15) is 0 Å². The van der Waals surface area contributed by atoms with Crippen LogP contribution < -0.4 is 5.32 Å². The fraction of sp³-hybridized carbons (Fsp3) is 0.294. The van der Waals surface area contributed by atoms with E-state index in [1.165, 1.54) is 0 Å². The molecule has 1 aliphatic carbocycles. The first-order valence-corrected chi connectivity index (χ1v) is 7.49. The molecule has 4 heteroatoms. The first-order chi connectivity index (χ1) is 10.2. The van der Waals surface area contributed by atoms with Gasteiger partial charge in [-0.1, -0.05) is 23.8 Å². The zero-order valence-corrected chi connectivity index (χ0v) is 12.4. The molecule has 2 atom stereocenters. The lowest BCUT2D eigenvalue weighted by molar-refractivity contribution is 0.246. The summed E-state index contributed by atoms with van der Waals surface area (Å²) < 4.78 is 5.84. The summed E-state index contributed by atoms with van der Waals surface area (Å²) in [5.74, 6) is 2.03. The number of hydrogen-bond donors (Lipinski definition) is 2. The molecule has 1 aromatic heterocycles. The molecular weight excluding hydrogens is 286 g/mol. The van der Waals surface area contributed by atoms with Crippen molar-refractivity contribution in [2.45, 2.75) is 19.0 Å². The molecule has 1 aliphatic rings. The highest BCUT2D eigenvalue weighted by molar-refractivity contribution is 6.30. The van der Waals surface area contributed by atoms with Crippen LogP contribution >= 0.6 is 11.6 Å². The predicted molar refractivity (Wildman–Crippen MR) is 84.1 cm³/mol. The molecule has 0 bridgehead atoms. The lowest BCUT2D eigenvalue weighted by Crippen LogP contribution is -2.25. The van der Waals surface area contributed by atoms with Crippen molar-refractivity contribution in [1.29, 1.82) is 0 Å². The van der Waals surface area contributed by atoms with E-state index in [2.05, 4.69) is 17.5 Å². The topological polar surface area (TPSA) is 45.4 Å². The van der Waals surface area contributed by atoms with E-state index in [0.29, 0.717) is 12.6 Å². The lowest BCUT2D eigenvalue weighted by Gasteiger charge is -2.11. The quantitative estimate of drug-likeness (QED) is 0.829. The molecule has 0 unspecified atom stereocenters. The fourth-order valence-electron chi connectivity index (χ4n) is 2.54. The summed E-state index contributed by atoms with van der Waals surface area (Å²) in [6, 6.07) is 11.9. The molecule has 1 heterocycles. The maximum atomic E-state index is 9.11. The van der Waals surface area contributed by atoms with Crippen LogP contribution in [0.15, 0.2) is 53.0 Å². The minimum Gasteiger partial charge on any atom is -0.460 e. The Labute approximate surface area is 129 Å². The zero-order chi connectivity index (χ0) is 14.7. The van der Waals surface area contributed by atoms with Gasteiger partial charge in [-0.3, -0.25) is 0 Å². The van der Waals surface area contributed by atoms with Crippen LogP contribution in [0.25, 0.3) is 11.3 Å². The van der Waals surface area contributed by atoms with Crippen LogP contribution in [0.5, 0.6) is 0 Å². The van der Waals surface area contributed by atoms with E-state index in [-0.39, 0.29) is 12.5 Å². The standard InChI is InChI=1S/C17H18ClNO2/c18-14-4-2-13(3-5-14)17-8-7-16(21-17)10-19-15-6-1-12(9-15)11-20/h1-8,12,15,19-20H,9-11H2/t12-,15+/m0/s1. The van der Waals surface area contributed by atoms with Crippen molar-refractivity contribution in [2.75, 3.05) is 6.61 Å². The Kier molecular flexibility index (Phi) is 4.44. The summed E-state index contributed by atoms with van der Waals surface area (Å²) in [4.78, 5) is 0. The van der Waals surface area contributed by atoms with Crippen molar-refractivity contribution in [1.82, 2.24) is 5.32 Å². The van der Waals surface area contributed by atoms with E-state index in [1.54, 1.807) is 0 Å². The van der Waals surface area contributed by atoms with Gasteiger partial charge in [-0.05, 0) is 42.8 Å². The van der Waals surface area contributed by atoms with Gasteiger partial charge < -0.3 is 14.8 Å². The first-order valence-electron chi connectivity index (χ1n) is 7.12. The van der Waals surface area contributed by atoms with Crippen molar-refractivity contribution in [2.24, 2.45) is 5.92 Å². The number of hydrogen-bond acceptors (Lipinski definition) is 3. The zero-order valence-electron chi connectivity index (χ0n) is 11.6. The summed E-state index contributed by atoms with van der Waals surface area (Å²) in [7, 11) is 0. The minimum absolute atomic E-state index is 0.218. The first kappa shape index (κ1) is 14.4. The lowest BCUT2D eigenvalue weighted by atomic mass is 10.1. The van der Waals surface area contributed by atoms with Crippen LogP contribution in [0.3, 0.4) is 0 Å². The second kappa shape index (κ2) is 6.48. The maximum Gasteiger partial charge on any atom is 0.134 e. The van der Waals surface area contributed by atoms with E-state index in [9.17, 15) is 0 Å². The Bertz CT molecular complexity index is 618. The van der Waals surface area contributed by atoms with Gasteiger partial charge in [0.05, 0.1) is 6.54 Å². The molecule has 2 aromatic rings. The number of benzene rings is 1. The van der Waals surface area contributed by atoms with Crippen molar-refractivity contribution >= 4 is 11.6 Å². The third-order valence-electron chi connectivity index (χ3n) is 3.74. The Balaban J connectivity index is 1.58. The summed E-state index contributed by atoms with van der Waals surface area (Å²) in [6.07, 6.45) is 5.13. The summed E-state index contributed by atoms with van der Waals surface area (Å²) in [6.45, 7) is 0.900. The van der Waals surface area contributed by atoms with Crippen molar-refractivity contribution in [3.8, 4) is 11.3 Å². The minimum atomic E-state index is 0.218. The largest absolute Gasteiger partial charge is 0.460 e. The number of aliphatic hydroxyl groups excluding tert-OH is 1. The highest BCUT2D eigenvalue weighted by Gasteiger charge is 2.17. The molecule has 110 valence electrons. The molecule has 0 saturated heterocycles. The highest BCUT2D eigenvalue weighted by atomic mass is 35.5. The number of aliphatic hydroxyl groups is 1. The Morgan fingerprint density at radius 1 is 1.14 bits per heavy atom. The third-order valence-corrected chi connectivity index (χ3v) is 3.99. The molecule has 0 amide bonds. The van der Waals surface area contributed by atoms with E-state index in [4.69, 9.17) is 21.1 Å². The molecule has 1 aromatic carbocycles. The molecule has 0 radical (unpaired) electrons. The molecule has 0 spiro atoms. The summed E-state index contributed by atoms with van der Waals surface area (Å²) in [5, 5.41) is 13.3. The van der Waals surface area contributed by atoms with Gasteiger partial charge in [-0.15, -0.1) is 0 Å². The van der Waals surface area contributed by atoms with Crippen LogP contribution in [0.4, 0.5) is 0 Å². The predicted octanol–water partition coefficient (Wildman–Crippen LogP) is 3.63. The Morgan fingerprint density at radius 3 is 2.67 bits per heavy atom. The second-order valence-electron chi connectivity index (χ2n) is 5.32. The third kappa shape index (κ3) is 3.56. The summed E-state index contributed by atoms with van der Waals surface area (Å²) >= 11 is 5.89. The molecule has 2 N–H and O–H groups in total. The summed E-state index contributed by atoms with van der Waals surface area (Å²) in [5.41, 5.74) is 1.02. The van der Waals surface area contributed by atoms with E-state index in [1.807, 2.05) is 36.4 Å². The number of nitrogens with one attached hydrogen (secondary N) is 1. The van der Waals surface area contributed by atoms with Crippen LogP contribution in [0.2, 0.25) is 5.02 Å². The highest BCUT2D eigenvalue weighted by Crippen LogP contribution is 2.24. The number of halogens is 1. The van der Waals surface area contributed by atoms with E-state index in [0.717, 1.165) is 28.5 Å². The van der Waals surface area contributed by atoms with Crippen molar-refractivity contribution in [3.63, 3.8) is 0 Å². The van der Waals surface area contributed by atoms with E-state index < -0.39 is 0 Å². The van der Waals surface area contributed by atoms with Gasteiger partial charge in [0, 0.05) is 29.2 Å². The van der Waals surface area contributed by atoms with Gasteiger partial charge in [0.2, 0.25) is 0 Å². The van der Waals surface area contributed by atoms with Crippen molar-refractivity contribution < 1.29 is 9.52 Å². The van der Waals surface area contributed by atoms with Crippen molar-refractivity contribution in [3.05, 3.63) is 59.3 Å². The van der Waals surface area contributed by atoms with Crippen LogP contribution in [-0.2, 0) is 6.54 Å². The number of rotatable bonds is 5. The molecule has 3 nitrogen and oxygen atoms in total. The van der Waals surface area contributed by atoms with E-state index >= 15 is 0 Å². The average Bonchev–Trinajstić information content (AvgIpc) is 3.15. The van der Waals surface area contributed by atoms with Gasteiger partial charge in [0.1, 0.15) is 11.5 Å². The average molecular weight is 304 g/mol. The molecule has 21 heavy (non-hydrogen) atoms. The monoisotopic (exact) mass is 303 g/mol. The second-order valence-corrected chi connectivity index (χ2v) is 5.76. The van der Waals surface area contributed by atoms with Gasteiger partial charge in [0.15, 0.2) is 0 Å². The van der Waals surface area contributed by atoms with Gasteiger partial charge in [-0.25, -0.2) is 0 Å². The molecule has 0 saturated carbocycles. The van der Waals surface area contributed by atoms with Gasteiger partial charge >= 0.3 is 0 Å². The number of furan rings is 1. The Morgan fingerprint density at radius 2 is 1.95 bits per heavy atom. The molecule has 0 fully saturated rings. The normalized spacial score (nSPS) is 21.0. The SMILES string of the molecule is OC[C@H]1C=C[C@@H](NCc2ccc(-c3ccc(Cl)cc3)o2)C1. The van der Waals surface area contributed by atoms with Crippen LogP contribution in [0, 0.1) is 5.92 Å². The van der Waals surface area contributed by atoms with Crippen LogP contribution in [-0.4, -0.2) is 17.8 Å². The Hall–Kier alpha value is -1.55. The maximum absolute atomic E-state index is 9.11. The molecular formula is C17H18ClNO2. The fourth-order valence-corrected chi connectivity index (χ4v) is 2.66. The molecule has 0 aliphatic heterocycles. The van der Waals surface area contributed by atoms with Crippen LogP contribution in [0.1, 0.15) is 12.2 Å². The molecule has 3 rings (SSSR count). The smallest absolute Gasteiger partial charge is 0.134 e.